The molecule has 2 rings (SSSR count). The zero-order valence-electron chi connectivity index (χ0n) is 17.8. The summed E-state index contributed by atoms with van der Waals surface area (Å²) in [5.74, 6) is 2.43. The summed E-state index contributed by atoms with van der Waals surface area (Å²) in [6.45, 7) is 10.6. The summed E-state index contributed by atoms with van der Waals surface area (Å²) in [6.07, 6.45) is 3.42. The summed E-state index contributed by atoms with van der Waals surface area (Å²) in [7, 11) is 1.70. The second-order valence-electron chi connectivity index (χ2n) is 7.02. The Morgan fingerprint density at radius 2 is 1.86 bits per heavy atom. The zero-order valence-corrected chi connectivity index (χ0v) is 17.8. The Labute approximate surface area is 170 Å². The Bertz CT molecular complexity index is 563. The van der Waals surface area contributed by atoms with Crippen molar-refractivity contribution < 1.29 is 14.2 Å². The van der Waals surface area contributed by atoms with Crippen molar-refractivity contribution >= 4 is 5.96 Å². The summed E-state index contributed by atoms with van der Waals surface area (Å²) in [4.78, 5) is 7.10. The molecule has 1 heterocycles. The van der Waals surface area contributed by atoms with Gasteiger partial charge in [0, 0.05) is 32.2 Å². The van der Waals surface area contributed by atoms with Crippen molar-refractivity contribution in [2.75, 3.05) is 59.7 Å². The molecule has 0 radical (unpaired) electrons. The molecule has 1 aliphatic heterocycles. The van der Waals surface area contributed by atoms with E-state index in [-0.39, 0.29) is 0 Å². The lowest BCUT2D eigenvalue weighted by atomic mass is 9.98. The quantitative estimate of drug-likeness (QED) is 0.337. The minimum absolute atomic E-state index is 0.534. The number of unbranched alkanes of at least 4 members (excludes halogenated alkanes) is 1. The van der Waals surface area contributed by atoms with Crippen molar-refractivity contribution in [1.82, 2.24) is 10.2 Å². The highest BCUT2D eigenvalue weighted by Crippen LogP contribution is 2.28. The van der Waals surface area contributed by atoms with E-state index in [0.29, 0.717) is 32.3 Å². The summed E-state index contributed by atoms with van der Waals surface area (Å²) in [5.41, 5.74) is 1.37. The van der Waals surface area contributed by atoms with Crippen LogP contribution in [0.15, 0.2) is 29.3 Å². The molecular weight excluding hydrogens is 354 g/mol. The molecule has 1 atom stereocenters. The number of benzene rings is 1. The second-order valence-corrected chi connectivity index (χ2v) is 7.02. The first kappa shape index (κ1) is 22.5. The molecule has 0 aliphatic carbocycles. The van der Waals surface area contributed by atoms with Gasteiger partial charge in [0.25, 0.3) is 0 Å². The van der Waals surface area contributed by atoms with Gasteiger partial charge in [-0.1, -0.05) is 25.5 Å². The number of guanidine groups is 1. The van der Waals surface area contributed by atoms with Gasteiger partial charge in [0.1, 0.15) is 5.75 Å². The van der Waals surface area contributed by atoms with Crippen LogP contribution < -0.4 is 10.1 Å². The Morgan fingerprint density at radius 1 is 1.11 bits per heavy atom. The molecule has 158 valence electrons. The lowest BCUT2D eigenvalue weighted by Gasteiger charge is -2.22. The lowest BCUT2D eigenvalue weighted by molar-refractivity contribution is 0.0497. The van der Waals surface area contributed by atoms with Gasteiger partial charge in [0.05, 0.1) is 33.5 Å². The molecule has 1 aromatic rings. The average molecular weight is 392 g/mol. The van der Waals surface area contributed by atoms with E-state index in [2.05, 4.69) is 36.2 Å². The minimum atomic E-state index is 0.534. The first-order chi connectivity index (χ1) is 13.8. The smallest absolute Gasteiger partial charge is 0.194 e. The molecular formula is C22H37N3O3. The van der Waals surface area contributed by atoms with Gasteiger partial charge in [-0.25, -0.2) is 0 Å². The Balaban J connectivity index is 1.74. The minimum Gasteiger partial charge on any atom is -0.497 e. The number of methoxy groups -OCH3 is 1. The number of hydrogen-bond acceptors (Lipinski definition) is 4. The average Bonchev–Trinajstić information content (AvgIpc) is 3.22. The van der Waals surface area contributed by atoms with Crippen molar-refractivity contribution in [3.05, 3.63) is 29.8 Å². The molecule has 1 aliphatic rings. The predicted molar refractivity (Wildman–Crippen MR) is 114 cm³/mol. The first-order valence-corrected chi connectivity index (χ1v) is 10.6. The molecule has 0 saturated carbocycles. The van der Waals surface area contributed by atoms with E-state index < -0.39 is 0 Å². The summed E-state index contributed by atoms with van der Waals surface area (Å²) in [5, 5.41) is 3.42. The van der Waals surface area contributed by atoms with E-state index >= 15 is 0 Å². The number of likely N-dealkylation sites (tertiary alicyclic amines) is 1. The second kappa shape index (κ2) is 13.4. The largest absolute Gasteiger partial charge is 0.497 e. The fourth-order valence-corrected chi connectivity index (χ4v) is 3.31. The predicted octanol–water partition coefficient (Wildman–Crippen LogP) is 3.28. The van der Waals surface area contributed by atoms with Gasteiger partial charge >= 0.3 is 0 Å². The van der Waals surface area contributed by atoms with Gasteiger partial charge in [-0.05, 0) is 37.5 Å². The van der Waals surface area contributed by atoms with Crippen LogP contribution in [0.25, 0.3) is 0 Å². The van der Waals surface area contributed by atoms with E-state index in [0.717, 1.165) is 50.8 Å². The maximum Gasteiger partial charge on any atom is 0.194 e. The van der Waals surface area contributed by atoms with Gasteiger partial charge in [-0.2, -0.15) is 0 Å². The number of nitrogens with one attached hydrogen (secondary N) is 1. The molecule has 0 spiro atoms. The summed E-state index contributed by atoms with van der Waals surface area (Å²) < 4.78 is 16.4. The van der Waals surface area contributed by atoms with Crippen LogP contribution in [-0.4, -0.2) is 70.6 Å². The van der Waals surface area contributed by atoms with E-state index in [4.69, 9.17) is 19.2 Å². The van der Waals surface area contributed by atoms with Crippen LogP contribution in [0.4, 0.5) is 0 Å². The molecule has 0 bridgehead atoms. The van der Waals surface area contributed by atoms with Crippen LogP contribution in [-0.2, 0) is 9.47 Å². The van der Waals surface area contributed by atoms with E-state index in [1.54, 1.807) is 7.11 Å². The van der Waals surface area contributed by atoms with Crippen LogP contribution in [0.3, 0.4) is 0 Å². The third kappa shape index (κ3) is 7.68. The molecule has 6 nitrogen and oxygen atoms in total. The highest BCUT2D eigenvalue weighted by molar-refractivity contribution is 5.80. The highest BCUT2D eigenvalue weighted by atomic mass is 16.5. The van der Waals surface area contributed by atoms with Gasteiger partial charge in [0.15, 0.2) is 5.96 Å². The molecule has 0 amide bonds. The van der Waals surface area contributed by atoms with E-state index in [1.165, 1.54) is 12.0 Å². The summed E-state index contributed by atoms with van der Waals surface area (Å²) in [6, 6.07) is 8.43. The number of hydrogen-bond donors (Lipinski definition) is 1. The lowest BCUT2D eigenvalue weighted by Crippen LogP contribution is -2.40. The number of rotatable bonds is 12. The van der Waals surface area contributed by atoms with Gasteiger partial charge in [-0.3, -0.25) is 4.99 Å². The van der Waals surface area contributed by atoms with Crippen LogP contribution in [0.1, 0.15) is 44.6 Å². The van der Waals surface area contributed by atoms with Crippen LogP contribution in [0.5, 0.6) is 5.75 Å². The Morgan fingerprint density at radius 3 is 2.54 bits per heavy atom. The van der Waals surface area contributed by atoms with Crippen LogP contribution >= 0.6 is 0 Å². The van der Waals surface area contributed by atoms with E-state index in [1.807, 2.05) is 12.1 Å². The molecule has 0 aromatic heterocycles. The van der Waals surface area contributed by atoms with Crippen LogP contribution in [0.2, 0.25) is 0 Å². The van der Waals surface area contributed by atoms with Crippen molar-refractivity contribution in [2.24, 2.45) is 4.99 Å². The van der Waals surface area contributed by atoms with Gasteiger partial charge in [0.2, 0.25) is 0 Å². The fourth-order valence-electron chi connectivity index (χ4n) is 3.31. The Kier molecular flexibility index (Phi) is 10.8. The molecule has 1 aromatic carbocycles. The van der Waals surface area contributed by atoms with Crippen LogP contribution in [0, 0.1) is 0 Å². The van der Waals surface area contributed by atoms with E-state index in [9.17, 15) is 0 Å². The third-order valence-electron chi connectivity index (χ3n) is 4.92. The normalized spacial score (nSPS) is 17.2. The maximum atomic E-state index is 5.63. The molecule has 28 heavy (non-hydrogen) atoms. The monoisotopic (exact) mass is 391 g/mol. The van der Waals surface area contributed by atoms with Gasteiger partial charge in [-0.15, -0.1) is 0 Å². The number of aliphatic imine (C=N–C) groups is 1. The standard InChI is InChI=1S/C22H37N3O3/c1-4-6-14-27-16-17-28-15-12-24-22(23-5-2)25-13-11-20(18-25)19-7-9-21(26-3)10-8-19/h7-10,20H,4-6,11-18H2,1-3H3,(H,23,24). The maximum absolute atomic E-state index is 5.63. The third-order valence-corrected chi connectivity index (χ3v) is 4.92. The fraction of sp³-hybridized carbons (Fsp3) is 0.682. The van der Waals surface area contributed by atoms with Crippen molar-refractivity contribution in [3.63, 3.8) is 0 Å². The first-order valence-electron chi connectivity index (χ1n) is 10.6. The number of ether oxygens (including phenoxy) is 3. The zero-order chi connectivity index (χ0) is 20.0. The highest BCUT2D eigenvalue weighted by Gasteiger charge is 2.26. The molecule has 1 fully saturated rings. The topological polar surface area (TPSA) is 55.3 Å². The summed E-state index contributed by atoms with van der Waals surface area (Å²) >= 11 is 0. The van der Waals surface area contributed by atoms with Crippen molar-refractivity contribution in [2.45, 2.75) is 39.0 Å². The Hall–Kier alpha value is -1.79. The SMILES string of the molecule is CCCCOCCOCCN=C(NCC)N1CCC(c2ccc(OC)cc2)C1. The van der Waals surface area contributed by atoms with Crippen molar-refractivity contribution in [3.8, 4) is 5.75 Å². The molecule has 1 unspecified atom stereocenters. The molecule has 1 saturated heterocycles. The van der Waals surface area contributed by atoms with Gasteiger partial charge < -0.3 is 24.4 Å². The number of nitrogens with zero attached hydrogens (tertiary/aromatic N) is 2. The molecule has 6 heteroatoms. The van der Waals surface area contributed by atoms with Crippen molar-refractivity contribution in [1.29, 1.82) is 0 Å². The molecule has 1 N–H and O–H groups in total.